The average Bonchev–Trinajstić information content (AvgIpc) is 2.48. The van der Waals surface area contributed by atoms with Crippen LogP contribution in [-0.2, 0) is 0 Å². The molecule has 0 heterocycles. The summed E-state index contributed by atoms with van der Waals surface area (Å²) in [5.41, 5.74) is 3.49. The van der Waals surface area contributed by atoms with Gasteiger partial charge in [-0.2, -0.15) is 0 Å². The molecule has 0 saturated carbocycles. The highest BCUT2D eigenvalue weighted by atomic mass is 19.1. The van der Waals surface area contributed by atoms with Crippen molar-refractivity contribution in [3.8, 4) is 16.9 Å². The van der Waals surface area contributed by atoms with Gasteiger partial charge in [-0.1, -0.05) is 42.5 Å². The van der Waals surface area contributed by atoms with Crippen LogP contribution >= 0.6 is 0 Å². The Morgan fingerprint density at radius 3 is 2.45 bits per heavy atom. The summed E-state index contributed by atoms with van der Waals surface area (Å²) in [5.74, 6) is 0.304. The topological polar surface area (TPSA) is 9.23 Å². The fourth-order valence-corrected chi connectivity index (χ4v) is 2.03. The van der Waals surface area contributed by atoms with Gasteiger partial charge >= 0.3 is 0 Å². The number of allylic oxidation sites excluding steroid dienone is 2. The van der Waals surface area contributed by atoms with Crippen molar-refractivity contribution >= 4 is 5.83 Å². The second-order valence-electron chi connectivity index (χ2n) is 4.53. The highest BCUT2D eigenvalue weighted by molar-refractivity contribution is 5.80. The van der Waals surface area contributed by atoms with Gasteiger partial charge in [0.25, 0.3) is 0 Å². The molecule has 0 aliphatic heterocycles. The Kier molecular flexibility index (Phi) is 4.36. The molecule has 0 saturated heterocycles. The molecule has 0 spiro atoms. The molecule has 0 amide bonds. The maximum Gasteiger partial charge on any atom is 0.131 e. The van der Waals surface area contributed by atoms with Crippen molar-refractivity contribution in [1.29, 1.82) is 0 Å². The molecule has 0 N–H and O–H groups in total. The quantitative estimate of drug-likeness (QED) is 0.695. The van der Waals surface area contributed by atoms with E-state index in [0.29, 0.717) is 11.3 Å². The number of aryl methyl sites for hydroxylation is 1. The van der Waals surface area contributed by atoms with E-state index < -0.39 is 0 Å². The van der Waals surface area contributed by atoms with Crippen molar-refractivity contribution in [2.75, 3.05) is 7.11 Å². The molecule has 0 bridgehead atoms. The number of methoxy groups -OCH3 is 1. The fraction of sp³-hybridized carbons (Fsp3) is 0.111. The van der Waals surface area contributed by atoms with Crippen LogP contribution in [0.2, 0.25) is 0 Å². The zero-order valence-corrected chi connectivity index (χ0v) is 11.7. The van der Waals surface area contributed by atoms with Crippen LogP contribution in [0.1, 0.15) is 11.1 Å². The lowest BCUT2D eigenvalue weighted by atomic mass is 9.97. The van der Waals surface area contributed by atoms with Crippen LogP contribution in [0.4, 0.5) is 4.39 Å². The molecule has 2 aromatic rings. The third-order valence-corrected chi connectivity index (χ3v) is 3.11. The normalized spacial score (nSPS) is 11.2. The van der Waals surface area contributed by atoms with Gasteiger partial charge in [0.05, 0.1) is 7.11 Å². The van der Waals surface area contributed by atoms with Crippen LogP contribution in [-0.4, -0.2) is 7.11 Å². The molecule has 0 atom stereocenters. The number of halogens is 1. The Balaban J connectivity index is 2.59. The number of ether oxygens (including phenoxy) is 1. The highest BCUT2D eigenvalue weighted by Crippen LogP contribution is 2.33. The molecule has 102 valence electrons. The third kappa shape index (κ3) is 2.97. The number of benzene rings is 2. The molecule has 1 nitrogen and oxygen atoms in total. The van der Waals surface area contributed by atoms with Crippen LogP contribution in [0.15, 0.2) is 61.2 Å². The Hall–Kier alpha value is -2.35. The van der Waals surface area contributed by atoms with Gasteiger partial charge in [-0.15, -0.1) is 0 Å². The van der Waals surface area contributed by atoms with E-state index in [1.807, 2.05) is 43.3 Å². The largest absolute Gasteiger partial charge is 0.497 e. The van der Waals surface area contributed by atoms with Crippen LogP contribution in [0.5, 0.6) is 5.75 Å². The molecule has 0 fully saturated rings. The monoisotopic (exact) mass is 268 g/mol. The summed E-state index contributed by atoms with van der Waals surface area (Å²) in [6.45, 7) is 5.56. The zero-order valence-electron chi connectivity index (χ0n) is 11.7. The zero-order chi connectivity index (χ0) is 14.5. The number of hydrogen-bond acceptors (Lipinski definition) is 1. The van der Waals surface area contributed by atoms with Gasteiger partial charge in [-0.25, -0.2) is 4.39 Å². The standard InChI is InChI=1S/C18H17FO/c1-4-5-18(19)17-12-15(20-3)10-11-16(17)14-8-6-13(2)7-9-14/h4-12H,1H2,2-3H3/b18-5-. The van der Waals surface area contributed by atoms with Gasteiger partial charge in [0, 0.05) is 5.56 Å². The van der Waals surface area contributed by atoms with E-state index in [0.717, 1.165) is 11.1 Å². The van der Waals surface area contributed by atoms with Gasteiger partial charge < -0.3 is 4.74 Å². The summed E-state index contributed by atoms with van der Waals surface area (Å²) < 4.78 is 19.4. The van der Waals surface area contributed by atoms with Crippen LogP contribution in [0.3, 0.4) is 0 Å². The molecule has 2 aromatic carbocycles. The molecule has 0 aromatic heterocycles. The lowest BCUT2D eigenvalue weighted by molar-refractivity contribution is 0.414. The Labute approximate surface area is 119 Å². The van der Waals surface area contributed by atoms with Crippen LogP contribution in [0, 0.1) is 6.92 Å². The van der Waals surface area contributed by atoms with E-state index in [-0.39, 0.29) is 5.83 Å². The summed E-state index contributed by atoms with van der Waals surface area (Å²) in [4.78, 5) is 0. The Morgan fingerprint density at radius 2 is 1.85 bits per heavy atom. The van der Waals surface area contributed by atoms with Gasteiger partial charge in [0.15, 0.2) is 0 Å². The summed E-state index contributed by atoms with van der Waals surface area (Å²) in [6, 6.07) is 13.4. The van der Waals surface area contributed by atoms with Crippen molar-refractivity contribution in [1.82, 2.24) is 0 Å². The van der Waals surface area contributed by atoms with Crippen LogP contribution < -0.4 is 4.74 Å². The summed E-state index contributed by atoms with van der Waals surface area (Å²) in [7, 11) is 1.57. The second-order valence-corrected chi connectivity index (χ2v) is 4.53. The van der Waals surface area contributed by atoms with E-state index in [2.05, 4.69) is 6.58 Å². The molecule has 0 unspecified atom stereocenters. The van der Waals surface area contributed by atoms with E-state index in [1.54, 1.807) is 13.2 Å². The van der Waals surface area contributed by atoms with Crippen molar-refractivity contribution in [3.05, 3.63) is 72.3 Å². The lowest BCUT2D eigenvalue weighted by Gasteiger charge is -2.11. The molecular formula is C18H17FO. The summed E-state index contributed by atoms with van der Waals surface area (Å²) in [6.07, 6.45) is 2.79. The average molecular weight is 268 g/mol. The Morgan fingerprint density at radius 1 is 1.15 bits per heavy atom. The van der Waals surface area contributed by atoms with Crippen molar-refractivity contribution < 1.29 is 9.13 Å². The van der Waals surface area contributed by atoms with Gasteiger partial charge in [-0.05, 0) is 42.3 Å². The maximum atomic E-state index is 14.2. The minimum atomic E-state index is -0.325. The SMILES string of the molecule is C=C/C=C(\F)c1cc(OC)ccc1-c1ccc(C)cc1. The van der Waals surface area contributed by atoms with Gasteiger partial charge in [0.1, 0.15) is 11.6 Å². The predicted molar refractivity (Wildman–Crippen MR) is 82.4 cm³/mol. The highest BCUT2D eigenvalue weighted by Gasteiger charge is 2.10. The minimum Gasteiger partial charge on any atom is -0.497 e. The third-order valence-electron chi connectivity index (χ3n) is 3.11. The molecule has 0 aliphatic carbocycles. The first-order valence-corrected chi connectivity index (χ1v) is 6.39. The summed E-state index contributed by atoms with van der Waals surface area (Å²) in [5, 5.41) is 0. The number of rotatable bonds is 4. The van der Waals surface area contributed by atoms with E-state index >= 15 is 0 Å². The van der Waals surface area contributed by atoms with Crippen LogP contribution in [0.25, 0.3) is 17.0 Å². The van der Waals surface area contributed by atoms with Crippen molar-refractivity contribution in [2.45, 2.75) is 6.92 Å². The Bertz CT molecular complexity index is 639. The number of hydrogen-bond donors (Lipinski definition) is 0. The van der Waals surface area contributed by atoms with Gasteiger partial charge in [-0.3, -0.25) is 0 Å². The molecule has 20 heavy (non-hydrogen) atoms. The first-order valence-electron chi connectivity index (χ1n) is 6.39. The predicted octanol–water partition coefficient (Wildman–Crippen LogP) is 5.17. The smallest absolute Gasteiger partial charge is 0.131 e. The maximum absolute atomic E-state index is 14.2. The van der Waals surface area contributed by atoms with Crippen molar-refractivity contribution in [3.63, 3.8) is 0 Å². The van der Waals surface area contributed by atoms with E-state index in [1.165, 1.54) is 17.7 Å². The first-order chi connectivity index (χ1) is 9.65. The molecule has 0 radical (unpaired) electrons. The van der Waals surface area contributed by atoms with Gasteiger partial charge in [0.2, 0.25) is 0 Å². The lowest BCUT2D eigenvalue weighted by Crippen LogP contribution is -1.90. The van der Waals surface area contributed by atoms with E-state index in [9.17, 15) is 4.39 Å². The fourth-order valence-electron chi connectivity index (χ4n) is 2.03. The summed E-state index contributed by atoms with van der Waals surface area (Å²) >= 11 is 0. The molecule has 2 rings (SSSR count). The molecule has 0 aliphatic rings. The van der Waals surface area contributed by atoms with E-state index in [4.69, 9.17) is 4.74 Å². The molecular weight excluding hydrogens is 251 g/mol. The first kappa shape index (κ1) is 14.1. The minimum absolute atomic E-state index is 0.325. The second kappa shape index (κ2) is 6.20. The molecule has 2 heteroatoms. The van der Waals surface area contributed by atoms with Crippen molar-refractivity contribution in [2.24, 2.45) is 0 Å².